The summed E-state index contributed by atoms with van der Waals surface area (Å²) < 4.78 is 33.1. The highest BCUT2D eigenvalue weighted by atomic mass is 19.2. The van der Waals surface area contributed by atoms with Crippen LogP contribution < -0.4 is 0 Å². The quantitative estimate of drug-likeness (QED) is 0.541. The van der Waals surface area contributed by atoms with Gasteiger partial charge in [-0.1, -0.05) is 19.8 Å². The van der Waals surface area contributed by atoms with Crippen LogP contribution >= 0.6 is 0 Å². The maximum Gasteiger partial charge on any atom is 0.737 e. The Bertz CT molecular complexity index is 766. The van der Waals surface area contributed by atoms with Crippen LogP contribution in [0.3, 0.4) is 0 Å². The van der Waals surface area contributed by atoms with Gasteiger partial charge in [0.2, 0.25) is 0 Å². The second-order valence-electron chi connectivity index (χ2n) is 6.90. The zero-order valence-corrected chi connectivity index (χ0v) is 14.7. The van der Waals surface area contributed by atoms with E-state index >= 15 is 8.63 Å². The molecule has 3 heterocycles. The van der Waals surface area contributed by atoms with E-state index < -0.39 is 6.97 Å². The monoisotopic (exact) mass is 318 g/mol. The number of hydrogen-bond donors (Lipinski definition) is 0. The topological polar surface area (TPSA) is 7.94 Å². The molecule has 1 aromatic rings. The van der Waals surface area contributed by atoms with Gasteiger partial charge in [0.1, 0.15) is 5.71 Å². The number of rotatable bonds is 4. The molecular formula is C18H25BF2N2. The second-order valence-corrected chi connectivity index (χ2v) is 6.90. The lowest BCUT2D eigenvalue weighted by molar-refractivity contribution is -0.363. The molecule has 0 spiro atoms. The second kappa shape index (κ2) is 5.46. The van der Waals surface area contributed by atoms with Gasteiger partial charge in [0, 0.05) is 29.8 Å². The van der Waals surface area contributed by atoms with E-state index in [0.29, 0.717) is 11.4 Å². The van der Waals surface area contributed by atoms with Gasteiger partial charge in [-0.05, 0) is 50.9 Å². The van der Waals surface area contributed by atoms with Crippen molar-refractivity contribution < 1.29 is 13.1 Å². The zero-order valence-electron chi connectivity index (χ0n) is 14.7. The first kappa shape index (κ1) is 16.2. The van der Waals surface area contributed by atoms with E-state index in [4.69, 9.17) is 0 Å². The van der Waals surface area contributed by atoms with Crippen molar-refractivity contribution in [3.8, 4) is 0 Å². The predicted molar refractivity (Wildman–Crippen MR) is 93.0 cm³/mol. The lowest BCUT2D eigenvalue weighted by atomic mass is 9.84. The Labute approximate surface area is 137 Å². The van der Waals surface area contributed by atoms with Crippen molar-refractivity contribution in [1.82, 2.24) is 4.48 Å². The molecule has 3 rings (SSSR count). The molecule has 0 saturated heterocycles. The fourth-order valence-corrected chi connectivity index (χ4v) is 4.22. The fourth-order valence-electron chi connectivity index (χ4n) is 4.22. The number of allylic oxidation sites excluding steroid dienone is 3. The highest BCUT2D eigenvalue weighted by Crippen LogP contribution is 2.43. The van der Waals surface area contributed by atoms with Crippen molar-refractivity contribution in [2.45, 2.75) is 60.3 Å². The van der Waals surface area contributed by atoms with E-state index in [1.807, 2.05) is 26.0 Å². The summed E-state index contributed by atoms with van der Waals surface area (Å²) in [5.41, 5.74) is 5.79. The minimum atomic E-state index is -3.82. The van der Waals surface area contributed by atoms with Crippen LogP contribution in [-0.4, -0.2) is 21.6 Å². The summed E-state index contributed by atoms with van der Waals surface area (Å²) in [5.74, 6) is 0. The molecule has 5 heteroatoms. The molecular weight excluding hydrogens is 293 g/mol. The first-order valence-electron chi connectivity index (χ1n) is 8.56. The molecule has 0 aliphatic carbocycles. The maximum absolute atomic E-state index is 15.3. The van der Waals surface area contributed by atoms with Gasteiger partial charge < -0.3 is 17.6 Å². The van der Waals surface area contributed by atoms with E-state index in [9.17, 15) is 0 Å². The van der Waals surface area contributed by atoms with Gasteiger partial charge >= 0.3 is 6.97 Å². The molecule has 0 saturated carbocycles. The molecule has 0 bridgehead atoms. The summed E-state index contributed by atoms with van der Waals surface area (Å²) in [7, 11) is 0. The summed E-state index contributed by atoms with van der Waals surface area (Å²) >= 11 is 0. The molecule has 2 aliphatic rings. The summed E-state index contributed by atoms with van der Waals surface area (Å²) in [5, 5.41) is 0. The molecule has 2 nitrogen and oxygen atoms in total. The number of unbranched alkanes of at least 4 members (excludes halogenated alkanes) is 2. The molecule has 0 atom stereocenters. The molecule has 0 fully saturated rings. The Morgan fingerprint density at radius 3 is 2.48 bits per heavy atom. The first-order valence-corrected chi connectivity index (χ1v) is 8.56. The van der Waals surface area contributed by atoms with E-state index in [2.05, 4.69) is 6.92 Å². The minimum absolute atomic E-state index is 0.645. The van der Waals surface area contributed by atoms with Crippen LogP contribution in [-0.2, 0) is 0 Å². The van der Waals surface area contributed by atoms with Gasteiger partial charge in [-0.2, -0.15) is 0 Å². The van der Waals surface area contributed by atoms with Gasteiger partial charge in [0.15, 0.2) is 5.70 Å². The largest absolute Gasteiger partial charge is 0.737 e. The van der Waals surface area contributed by atoms with Crippen molar-refractivity contribution in [2.75, 3.05) is 0 Å². The molecule has 0 N–H and O–H groups in total. The number of hydrogen-bond acceptors (Lipinski definition) is 0. The number of nitrogens with zero attached hydrogens (tertiary/aromatic N) is 2. The highest BCUT2D eigenvalue weighted by molar-refractivity contribution is 6.58. The first-order chi connectivity index (χ1) is 10.8. The molecule has 23 heavy (non-hydrogen) atoms. The third-order valence-electron chi connectivity index (χ3n) is 5.06. The third kappa shape index (κ3) is 2.24. The van der Waals surface area contributed by atoms with E-state index in [1.165, 1.54) is 8.96 Å². The summed E-state index contributed by atoms with van der Waals surface area (Å²) in [6, 6.07) is 1.89. The van der Waals surface area contributed by atoms with Crippen molar-refractivity contribution in [3.05, 3.63) is 40.4 Å². The Morgan fingerprint density at radius 2 is 1.83 bits per heavy atom. The van der Waals surface area contributed by atoms with Gasteiger partial charge in [0.25, 0.3) is 0 Å². The van der Waals surface area contributed by atoms with Crippen molar-refractivity contribution in [2.24, 2.45) is 0 Å². The van der Waals surface area contributed by atoms with Crippen molar-refractivity contribution in [1.29, 1.82) is 0 Å². The third-order valence-corrected chi connectivity index (χ3v) is 5.06. The van der Waals surface area contributed by atoms with Crippen LogP contribution in [0, 0.1) is 13.8 Å². The standard InChI is InChI=1S/C18H25BF2N2/c1-6-7-8-9-16-17-12(2)10-14(4)22(17)19(20,21)23-15(5)11-13(3)18(16)23/h10-11H,6-9H2,1-5H3. The molecule has 1 aromatic heterocycles. The number of fused-ring (bicyclic) bond motifs is 2. The van der Waals surface area contributed by atoms with Gasteiger partial charge in [0.05, 0.1) is 0 Å². The molecule has 0 amide bonds. The van der Waals surface area contributed by atoms with Gasteiger partial charge in [-0.15, -0.1) is 0 Å². The van der Waals surface area contributed by atoms with Crippen LogP contribution in [0.4, 0.5) is 8.63 Å². The van der Waals surface area contributed by atoms with Crippen LogP contribution in [0.15, 0.2) is 23.4 Å². The average Bonchev–Trinajstić information content (AvgIpc) is 2.92. The van der Waals surface area contributed by atoms with Gasteiger partial charge in [-0.25, -0.2) is 0 Å². The van der Waals surface area contributed by atoms with Crippen molar-refractivity contribution in [3.63, 3.8) is 0 Å². The summed E-state index contributed by atoms with van der Waals surface area (Å²) in [4.78, 5) is 0. The summed E-state index contributed by atoms with van der Waals surface area (Å²) in [6.45, 7) is 5.82. The van der Waals surface area contributed by atoms with Crippen molar-refractivity contribution >= 4 is 18.3 Å². The molecule has 2 aliphatic heterocycles. The molecule has 124 valence electrons. The number of aromatic nitrogens is 1. The zero-order chi connectivity index (χ0) is 16.9. The Morgan fingerprint density at radius 1 is 1.13 bits per heavy atom. The minimum Gasteiger partial charge on any atom is -0.394 e. The van der Waals surface area contributed by atoms with Gasteiger partial charge in [-0.3, -0.25) is 0 Å². The molecule has 0 radical (unpaired) electrons. The lowest BCUT2D eigenvalue weighted by Gasteiger charge is -2.34. The van der Waals surface area contributed by atoms with E-state index in [-0.39, 0.29) is 0 Å². The summed E-state index contributed by atoms with van der Waals surface area (Å²) in [6.07, 6.45) is 6.04. The number of aryl methyl sites for hydroxylation is 2. The van der Waals surface area contributed by atoms with E-state index in [0.717, 1.165) is 53.8 Å². The predicted octanol–water partition coefficient (Wildman–Crippen LogP) is 5.07. The fraction of sp³-hybridized carbons (Fsp3) is 0.500. The average molecular weight is 318 g/mol. The van der Waals surface area contributed by atoms with Crippen LogP contribution in [0.1, 0.15) is 63.4 Å². The SMILES string of the molecule is CCCCCC1=C2C(C)=CC(C)=[N+]2[B-](F)(F)n2c(C)cc(C)c21. The highest BCUT2D eigenvalue weighted by Gasteiger charge is 2.54. The molecule has 0 unspecified atom stereocenters. The van der Waals surface area contributed by atoms with Crippen LogP contribution in [0.2, 0.25) is 0 Å². The Hall–Kier alpha value is -1.65. The van der Waals surface area contributed by atoms with Crippen LogP contribution in [0.25, 0.3) is 5.57 Å². The van der Waals surface area contributed by atoms with E-state index in [1.54, 1.807) is 13.8 Å². The Balaban J connectivity index is 2.28. The Kier molecular flexibility index (Phi) is 3.85. The smallest absolute Gasteiger partial charge is 0.394 e. The molecule has 0 aromatic carbocycles. The maximum atomic E-state index is 15.3. The normalized spacial score (nSPS) is 19.2. The lowest BCUT2D eigenvalue weighted by Crippen LogP contribution is -2.51. The number of halogens is 2. The van der Waals surface area contributed by atoms with Crippen LogP contribution in [0.5, 0.6) is 0 Å².